The largest absolute Gasteiger partial charge is 0.444 e. The smallest absolute Gasteiger partial charge is 0.410 e. The van der Waals surface area contributed by atoms with Crippen molar-refractivity contribution in [1.29, 1.82) is 0 Å². The Hall–Kier alpha value is -3.13. The van der Waals surface area contributed by atoms with Gasteiger partial charge in [0.1, 0.15) is 17.4 Å². The van der Waals surface area contributed by atoms with Crippen molar-refractivity contribution in [1.82, 2.24) is 19.5 Å². The number of nitrogens with two attached hydrogens (primary N) is 1. The second-order valence-electron chi connectivity index (χ2n) is 8.99. The number of aliphatic hydroxyl groups excluding tert-OH is 1. The molecule has 1 fully saturated rings. The third-order valence-electron chi connectivity index (χ3n) is 5.62. The van der Waals surface area contributed by atoms with Crippen LogP contribution in [0.25, 0.3) is 16.6 Å². The first-order valence-corrected chi connectivity index (χ1v) is 10.6. The van der Waals surface area contributed by atoms with E-state index in [1.165, 1.54) is 6.33 Å². The molecule has 3 aromatic rings. The molecule has 0 radical (unpaired) electrons. The zero-order valence-corrected chi connectivity index (χ0v) is 18.2. The molecule has 4 rings (SSSR count). The summed E-state index contributed by atoms with van der Waals surface area (Å²) in [4.78, 5) is 18.4. The molecule has 3 N–H and O–H groups in total. The molecular weight excluding hydrogens is 394 g/mol. The van der Waals surface area contributed by atoms with Crippen molar-refractivity contribution in [3.63, 3.8) is 0 Å². The van der Waals surface area contributed by atoms with E-state index in [2.05, 4.69) is 16.1 Å². The Morgan fingerprint density at radius 2 is 1.90 bits per heavy atom. The molecule has 8 heteroatoms. The number of nitrogen functional groups attached to an aromatic ring is 1. The SMILES string of the molecule is CC(C)(C)OC(=O)N1CCC(c2cc(-c3ccc(CO)cc3)c3c(N)ncnn23)CC1. The number of carbonyl (C=O) groups is 1. The molecule has 0 bridgehead atoms. The van der Waals surface area contributed by atoms with Gasteiger partial charge in [-0.15, -0.1) is 0 Å². The summed E-state index contributed by atoms with van der Waals surface area (Å²) < 4.78 is 7.39. The number of carbonyl (C=O) groups excluding carboxylic acids is 1. The fourth-order valence-corrected chi connectivity index (χ4v) is 4.08. The number of amides is 1. The summed E-state index contributed by atoms with van der Waals surface area (Å²) in [7, 11) is 0. The quantitative estimate of drug-likeness (QED) is 0.667. The van der Waals surface area contributed by atoms with Gasteiger partial charge in [-0.2, -0.15) is 5.10 Å². The summed E-state index contributed by atoms with van der Waals surface area (Å²) in [5, 5.41) is 13.8. The van der Waals surface area contributed by atoms with E-state index in [-0.39, 0.29) is 18.6 Å². The lowest BCUT2D eigenvalue weighted by Gasteiger charge is -2.33. The summed E-state index contributed by atoms with van der Waals surface area (Å²) in [6.07, 6.45) is 2.85. The molecule has 1 aliphatic rings. The minimum absolute atomic E-state index is 0.00348. The van der Waals surface area contributed by atoms with Crippen molar-refractivity contribution in [2.45, 2.75) is 51.7 Å². The first kappa shape index (κ1) is 21.1. The Morgan fingerprint density at radius 3 is 2.52 bits per heavy atom. The van der Waals surface area contributed by atoms with Gasteiger partial charge in [0.25, 0.3) is 0 Å². The molecule has 31 heavy (non-hydrogen) atoms. The number of rotatable bonds is 3. The third-order valence-corrected chi connectivity index (χ3v) is 5.62. The molecule has 0 saturated carbocycles. The summed E-state index contributed by atoms with van der Waals surface area (Å²) >= 11 is 0. The second-order valence-corrected chi connectivity index (χ2v) is 8.99. The number of benzene rings is 1. The number of hydrogen-bond acceptors (Lipinski definition) is 6. The third kappa shape index (κ3) is 4.34. The van der Waals surface area contributed by atoms with Crippen molar-refractivity contribution in [2.75, 3.05) is 18.8 Å². The van der Waals surface area contributed by atoms with E-state index >= 15 is 0 Å². The van der Waals surface area contributed by atoms with Crippen molar-refractivity contribution >= 4 is 17.4 Å². The number of fused-ring (bicyclic) bond motifs is 1. The van der Waals surface area contributed by atoms with Gasteiger partial charge in [-0.3, -0.25) is 0 Å². The highest BCUT2D eigenvalue weighted by Gasteiger charge is 2.30. The molecule has 0 aliphatic carbocycles. The van der Waals surface area contributed by atoms with Crippen LogP contribution in [0.2, 0.25) is 0 Å². The Morgan fingerprint density at radius 1 is 1.23 bits per heavy atom. The maximum atomic E-state index is 12.4. The maximum absolute atomic E-state index is 12.4. The first-order chi connectivity index (χ1) is 14.8. The average Bonchev–Trinajstić information content (AvgIpc) is 3.14. The van der Waals surface area contributed by atoms with Crippen LogP contribution >= 0.6 is 0 Å². The number of hydrogen-bond donors (Lipinski definition) is 2. The van der Waals surface area contributed by atoms with Gasteiger partial charge in [0, 0.05) is 30.3 Å². The molecule has 0 unspecified atom stereocenters. The first-order valence-electron chi connectivity index (χ1n) is 10.6. The van der Waals surface area contributed by atoms with E-state index in [9.17, 15) is 9.90 Å². The Labute approximate surface area is 181 Å². The maximum Gasteiger partial charge on any atom is 0.410 e. The van der Waals surface area contributed by atoms with Gasteiger partial charge < -0.3 is 20.5 Å². The number of nitrogens with zero attached hydrogens (tertiary/aromatic N) is 4. The van der Waals surface area contributed by atoms with E-state index in [4.69, 9.17) is 10.5 Å². The minimum atomic E-state index is -0.499. The second kappa shape index (κ2) is 8.19. The summed E-state index contributed by atoms with van der Waals surface area (Å²) in [5.41, 5.74) is 10.4. The Bertz CT molecular complexity index is 1080. The normalized spacial score (nSPS) is 15.4. The van der Waals surface area contributed by atoms with E-state index in [0.29, 0.717) is 18.9 Å². The number of ether oxygens (including phenoxy) is 1. The summed E-state index contributed by atoms with van der Waals surface area (Å²) in [6, 6.07) is 9.88. The lowest BCUT2D eigenvalue weighted by molar-refractivity contribution is 0.0203. The molecule has 2 aromatic heterocycles. The lowest BCUT2D eigenvalue weighted by atomic mass is 9.93. The van der Waals surface area contributed by atoms with Gasteiger partial charge >= 0.3 is 6.09 Å². The predicted octanol–water partition coefficient (Wildman–Crippen LogP) is 3.59. The van der Waals surface area contributed by atoms with Gasteiger partial charge in [0.2, 0.25) is 0 Å². The topological polar surface area (TPSA) is 106 Å². The van der Waals surface area contributed by atoms with Crippen molar-refractivity contribution < 1.29 is 14.6 Å². The van der Waals surface area contributed by atoms with E-state index < -0.39 is 5.60 Å². The van der Waals surface area contributed by atoms with Crippen LogP contribution in [0, 0.1) is 0 Å². The fraction of sp³-hybridized carbons (Fsp3) is 0.435. The number of piperidine rings is 1. The number of likely N-dealkylation sites (tertiary alicyclic amines) is 1. The molecule has 164 valence electrons. The molecule has 1 aliphatic heterocycles. The van der Waals surface area contributed by atoms with Gasteiger partial charge in [-0.05, 0) is 50.8 Å². The van der Waals surface area contributed by atoms with Crippen LogP contribution in [0.3, 0.4) is 0 Å². The van der Waals surface area contributed by atoms with Crippen LogP contribution < -0.4 is 5.73 Å². The molecule has 0 atom stereocenters. The molecule has 1 amide bonds. The molecule has 1 aromatic carbocycles. The molecule has 0 spiro atoms. The van der Waals surface area contributed by atoms with Crippen LogP contribution in [-0.2, 0) is 11.3 Å². The van der Waals surface area contributed by atoms with E-state index in [0.717, 1.165) is 40.7 Å². The van der Waals surface area contributed by atoms with Gasteiger partial charge in [-0.1, -0.05) is 24.3 Å². The monoisotopic (exact) mass is 423 g/mol. The zero-order valence-electron chi connectivity index (χ0n) is 18.2. The van der Waals surface area contributed by atoms with Crippen LogP contribution in [-0.4, -0.2) is 49.4 Å². The molecule has 3 heterocycles. The summed E-state index contributed by atoms with van der Waals surface area (Å²) in [6.45, 7) is 6.90. The van der Waals surface area contributed by atoms with Crippen LogP contribution in [0.4, 0.5) is 10.6 Å². The van der Waals surface area contributed by atoms with E-state index in [1.54, 1.807) is 4.90 Å². The summed E-state index contributed by atoms with van der Waals surface area (Å²) in [5.74, 6) is 0.666. The number of aliphatic hydroxyl groups is 1. The Kier molecular flexibility index (Phi) is 5.58. The highest BCUT2D eigenvalue weighted by molar-refractivity contribution is 5.88. The number of anilines is 1. The fourth-order valence-electron chi connectivity index (χ4n) is 4.08. The van der Waals surface area contributed by atoms with Crippen LogP contribution in [0.5, 0.6) is 0 Å². The van der Waals surface area contributed by atoms with Crippen molar-refractivity contribution in [2.24, 2.45) is 0 Å². The van der Waals surface area contributed by atoms with Crippen molar-refractivity contribution in [3.05, 3.63) is 47.9 Å². The molecule has 1 saturated heterocycles. The highest BCUT2D eigenvalue weighted by atomic mass is 16.6. The molecular formula is C23H29N5O3. The van der Waals surface area contributed by atoms with Crippen LogP contribution in [0.15, 0.2) is 36.7 Å². The number of aromatic nitrogens is 3. The van der Waals surface area contributed by atoms with Crippen molar-refractivity contribution in [3.8, 4) is 11.1 Å². The highest BCUT2D eigenvalue weighted by Crippen LogP contribution is 2.36. The van der Waals surface area contributed by atoms with Gasteiger partial charge in [0.15, 0.2) is 5.82 Å². The van der Waals surface area contributed by atoms with Crippen LogP contribution in [0.1, 0.15) is 50.8 Å². The lowest BCUT2D eigenvalue weighted by Crippen LogP contribution is -2.41. The Balaban J connectivity index is 1.62. The minimum Gasteiger partial charge on any atom is -0.444 e. The van der Waals surface area contributed by atoms with Gasteiger partial charge in [-0.25, -0.2) is 14.3 Å². The van der Waals surface area contributed by atoms with Gasteiger partial charge in [0.05, 0.1) is 6.61 Å². The zero-order chi connectivity index (χ0) is 22.2. The average molecular weight is 424 g/mol. The molecule has 8 nitrogen and oxygen atoms in total. The predicted molar refractivity (Wildman–Crippen MR) is 119 cm³/mol. The van der Waals surface area contributed by atoms with E-state index in [1.807, 2.05) is 49.6 Å². The standard InChI is InChI=1S/C23H29N5O3/c1-23(2,3)31-22(30)27-10-8-17(9-11-27)19-12-18(16-6-4-15(13-29)5-7-16)20-21(24)25-14-26-28(19)20/h4-7,12,14,17,29H,8-11,13H2,1-3H3,(H2,24,25,26).